The molecule has 1 aliphatic heterocycles. The number of carboxylic acids is 1. The van der Waals surface area contributed by atoms with Crippen molar-refractivity contribution in [2.75, 3.05) is 13.1 Å². The third-order valence-electron chi connectivity index (χ3n) is 4.30. The predicted molar refractivity (Wildman–Crippen MR) is 76.3 cm³/mol. The number of likely N-dealkylation sites (tertiary alicyclic amines) is 1. The Morgan fingerprint density at radius 1 is 1.37 bits per heavy atom. The summed E-state index contributed by atoms with van der Waals surface area (Å²) >= 11 is 6.16. The summed E-state index contributed by atoms with van der Waals surface area (Å²) < 4.78 is 0. The van der Waals surface area contributed by atoms with E-state index in [1.165, 1.54) is 0 Å². The fourth-order valence-corrected chi connectivity index (χ4v) is 2.92. The summed E-state index contributed by atoms with van der Waals surface area (Å²) in [5, 5.41) is 10.2. The van der Waals surface area contributed by atoms with Crippen LogP contribution in [0.4, 0.5) is 0 Å². The van der Waals surface area contributed by atoms with Crippen LogP contribution in [-0.4, -0.2) is 29.1 Å². The van der Waals surface area contributed by atoms with Gasteiger partial charge in [-0.1, -0.05) is 36.7 Å². The summed E-state index contributed by atoms with van der Waals surface area (Å²) in [5.41, 5.74) is 0.597. The van der Waals surface area contributed by atoms with Crippen LogP contribution in [0.25, 0.3) is 0 Å². The third kappa shape index (κ3) is 3.10. The third-order valence-corrected chi connectivity index (χ3v) is 4.66. The van der Waals surface area contributed by atoms with Crippen LogP contribution >= 0.6 is 11.6 Å². The summed E-state index contributed by atoms with van der Waals surface area (Å²) in [6.45, 7) is 4.42. The minimum Gasteiger partial charge on any atom is -0.481 e. The van der Waals surface area contributed by atoms with Crippen molar-refractivity contribution in [3.63, 3.8) is 0 Å². The quantitative estimate of drug-likeness (QED) is 0.919. The molecule has 1 aliphatic rings. The minimum absolute atomic E-state index is 0.517. The molecule has 4 heteroatoms. The topological polar surface area (TPSA) is 40.5 Å². The lowest BCUT2D eigenvalue weighted by Crippen LogP contribution is -2.43. The largest absolute Gasteiger partial charge is 0.481 e. The summed E-state index contributed by atoms with van der Waals surface area (Å²) in [7, 11) is 0. The number of rotatable bonds is 4. The van der Waals surface area contributed by atoms with Gasteiger partial charge in [0, 0.05) is 11.6 Å². The van der Waals surface area contributed by atoms with E-state index in [9.17, 15) is 9.90 Å². The van der Waals surface area contributed by atoms with Gasteiger partial charge in [-0.2, -0.15) is 0 Å². The van der Waals surface area contributed by atoms with E-state index >= 15 is 0 Å². The zero-order valence-electron chi connectivity index (χ0n) is 11.2. The standard InChI is InChI=1S/C15H20ClNO2/c1-2-15(14(18)19)7-9-17(10-8-15)11-12-5-3-4-6-13(12)16/h3-6H,2,7-11H2,1H3,(H,18,19). The molecule has 1 aromatic carbocycles. The van der Waals surface area contributed by atoms with Gasteiger partial charge in [0.25, 0.3) is 0 Å². The van der Waals surface area contributed by atoms with Gasteiger partial charge in [-0.25, -0.2) is 0 Å². The molecule has 2 rings (SSSR count). The van der Waals surface area contributed by atoms with Crippen LogP contribution in [0.1, 0.15) is 31.7 Å². The van der Waals surface area contributed by atoms with Gasteiger partial charge >= 0.3 is 5.97 Å². The molecule has 0 aliphatic carbocycles. The molecule has 1 heterocycles. The molecule has 1 N–H and O–H groups in total. The fourth-order valence-electron chi connectivity index (χ4n) is 2.73. The van der Waals surface area contributed by atoms with E-state index < -0.39 is 11.4 Å². The van der Waals surface area contributed by atoms with Crippen molar-refractivity contribution in [1.82, 2.24) is 4.90 Å². The van der Waals surface area contributed by atoms with Gasteiger partial charge in [-0.15, -0.1) is 0 Å². The Morgan fingerprint density at radius 3 is 2.53 bits per heavy atom. The lowest BCUT2D eigenvalue weighted by Gasteiger charge is -2.38. The van der Waals surface area contributed by atoms with Crippen molar-refractivity contribution in [2.24, 2.45) is 5.41 Å². The molecular formula is C15H20ClNO2. The monoisotopic (exact) mass is 281 g/mol. The number of hydrogen-bond acceptors (Lipinski definition) is 2. The highest BCUT2D eigenvalue weighted by atomic mass is 35.5. The highest BCUT2D eigenvalue weighted by Gasteiger charge is 2.39. The van der Waals surface area contributed by atoms with Crippen LogP contribution in [-0.2, 0) is 11.3 Å². The zero-order chi connectivity index (χ0) is 13.9. The SMILES string of the molecule is CCC1(C(=O)O)CCN(Cc2ccccc2Cl)CC1. The van der Waals surface area contributed by atoms with Crippen molar-refractivity contribution in [3.05, 3.63) is 34.9 Å². The van der Waals surface area contributed by atoms with Crippen molar-refractivity contribution in [1.29, 1.82) is 0 Å². The summed E-state index contributed by atoms with van der Waals surface area (Å²) in [4.78, 5) is 13.7. The molecule has 0 unspecified atom stereocenters. The predicted octanol–water partition coefficient (Wildman–Crippen LogP) is 3.42. The number of nitrogens with zero attached hydrogens (tertiary/aromatic N) is 1. The Morgan fingerprint density at radius 2 is 2.00 bits per heavy atom. The molecule has 0 spiro atoms. The second kappa shape index (κ2) is 5.93. The Labute approximate surface area is 119 Å². The maximum absolute atomic E-state index is 11.4. The Balaban J connectivity index is 1.97. The van der Waals surface area contributed by atoms with E-state index in [1.54, 1.807) is 0 Å². The summed E-state index contributed by atoms with van der Waals surface area (Å²) in [6.07, 6.45) is 2.16. The van der Waals surface area contributed by atoms with E-state index in [-0.39, 0.29) is 0 Å². The normalized spacial score (nSPS) is 19.3. The lowest BCUT2D eigenvalue weighted by molar-refractivity contribution is -0.152. The number of piperidine rings is 1. The molecule has 3 nitrogen and oxygen atoms in total. The number of hydrogen-bond donors (Lipinski definition) is 1. The van der Waals surface area contributed by atoms with E-state index in [1.807, 2.05) is 31.2 Å². The second-order valence-electron chi connectivity index (χ2n) is 5.31. The maximum Gasteiger partial charge on any atom is 0.309 e. The van der Waals surface area contributed by atoms with Crippen LogP contribution in [0.3, 0.4) is 0 Å². The molecule has 1 aromatic rings. The van der Waals surface area contributed by atoms with Gasteiger partial charge in [0.1, 0.15) is 0 Å². The number of benzene rings is 1. The Kier molecular flexibility index (Phi) is 4.48. The molecule has 0 atom stereocenters. The fraction of sp³-hybridized carbons (Fsp3) is 0.533. The Hall–Kier alpha value is -1.06. The van der Waals surface area contributed by atoms with Gasteiger partial charge < -0.3 is 5.11 Å². The molecule has 19 heavy (non-hydrogen) atoms. The van der Waals surface area contributed by atoms with Crippen molar-refractivity contribution < 1.29 is 9.90 Å². The average Bonchev–Trinajstić information content (AvgIpc) is 2.42. The van der Waals surface area contributed by atoms with Crippen LogP contribution in [0, 0.1) is 5.41 Å². The number of carboxylic acid groups (broad SMARTS) is 1. The Bertz CT molecular complexity index is 453. The van der Waals surface area contributed by atoms with Crippen molar-refractivity contribution in [3.8, 4) is 0 Å². The summed E-state index contributed by atoms with van der Waals surface area (Å²) in [6, 6.07) is 7.84. The molecule has 104 valence electrons. The average molecular weight is 282 g/mol. The van der Waals surface area contributed by atoms with Gasteiger partial charge in [-0.05, 0) is 44.0 Å². The van der Waals surface area contributed by atoms with Gasteiger partial charge in [0.2, 0.25) is 0 Å². The first kappa shape index (κ1) is 14.4. The van der Waals surface area contributed by atoms with Gasteiger partial charge in [0.05, 0.1) is 5.41 Å². The van der Waals surface area contributed by atoms with Gasteiger partial charge in [-0.3, -0.25) is 9.69 Å². The lowest BCUT2D eigenvalue weighted by atomic mass is 9.76. The number of carbonyl (C=O) groups is 1. The molecular weight excluding hydrogens is 262 g/mol. The van der Waals surface area contributed by atoms with Crippen LogP contribution < -0.4 is 0 Å². The first-order chi connectivity index (χ1) is 9.07. The minimum atomic E-state index is -0.646. The first-order valence-corrected chi connectivity index (χ1v) is 7.14. The van der Waals surface area contributed by atoms with E-state index in [0.717, 1.165) is 43.1 Å². The first-order valence-electron chi connectivity index (χ1n) is 6.76. The summed E-state index contributed by atoms with van der Waals surface area (Å²) in [5.74, 6) is -0.646. The molecule has 0 bridgehead atoms. The van der Waals surface area contributed by atoms with Crippen molar-refractivity contribution >= 4 is 17.6 Å². The molecule has 0 aromatic heterocycles. The molecule has 1 saturated heterocycles. The molecule has 0 saturated carbocycles. The molecule has 0 radical (unpaired) electrons. The highest BCUT2D eigenvalue weighted by molar-refractivity contribution is 6.31. The van der Waals surface area contributed by atoms with Gasteiger partial charge in [0.15, 0.2) is 0 Å². The highest BCUT2D eigenvalue weighted by Crippen LogP contribution is 2.35. The van der Waals surface area contributed by atoms with Crippen LogP contribution in [0.15, 0.2) is 24.3 Å². The maximum atomic E-state index is 11.4. The number of halogens is 1. The number of aliphatic carboxylic acids is 1. The van der Waals surface area contributed by atoms with Crippen molar-refractivity contribution in [2.45, 2.75) is 32.7 Å². The molecule has 0 amide bonds. The van der Waals surface area contributed by atoms with E-state index in [0.29, 0.717) is 6.42 Å². The van der Waals surface area contributed by atoms with E-state index in [2.05, 4.69) is 4.90 Å². The van der Waals surface area contributed by atoms with Crippen LogP contribution in [0.2, 0.25) is 5.02 Å². The van der Waals surface area contributed by atoms with Crippen LogP contribution in [0.5, 0.6) is 0 Å². The zero-order valence-corrected chi connectivity index (χ0v) is 12.0. The smallest absolute Gasteiger partial charge is 0.309 e. The molecule has 1 fully saturated rings. The second-order valence-corrected chi connectivity index (χ2v) is 5.71. The van der Waals surface area contributed by atoms with E-state index in [4.69, 9.17) is 11.6 Å².